The molecule has 0 bridgehead atoms. The monoisotopic (exact) mass is 305 g/mol. The highest BCUT2D eigenvalue weighted by Gasteiger charge is 2.27. The standard InChI is InChI=1S/C18H19N5/c1-12-15(18-21-17(22-23-18)14-7-8-14)5-2-6-16(12)20-11-13-4-3-9-19-10-13/h2-6,9-10,14,20H,7-8,11H2,1H3,(H,21,22,23). The fraction of sp³-hybridized carbons (Fsp3) is 0.278. The highest BCUT2D eigenvalue weighted by Crippen LogP contribution is 2.38. The molecule has 23 heavy (non-hydrogen) atoms. The number of hydrogen-bond donors (Lipinski definition) is 2. The maximum absolute atomic E-state index is 4.66. The summed E-state index contributed by atoms with van der Waals surface area (Å²) in [5.74, 6) is 2.39. The molecule has 0 amide bonds. The van der Waals surface area contributed by atoms with E-state index in [0.717, 1.165) is 40.6 Å². The van der Waals surface area contributed by atoms with Crippen molar-refractivity contribution in [2.24, 2.45) is 0 Å². The number of aromatic nitrogens is 4. The second-order valence-corrected chi connectivity index (χ2v) is 6.01. The summed E-state index contributed by atoms with van der Waals surface area (Å²) in [4.78, 5) is 8.80. The van der Waals surface area contributed by atoms with Gasteiger partial charge in [-0.2, -0.15) is 5.10 Å². The van der Waals surface area contributed by atoms with Crippen LogP contribution in [0.5, 0.6) is 0 Å². The SMILES string of the molecule is Cc1c(NCc2cccnc2)cccc1-c1n[nH]c(C2CC2)n1. The lowest BCUT2D eigenvalue weighted by Crippen LogP contribution is -2.02. The first kappa shape index (κ1) is 13.9. The van der Waals surface area contributed by atoms with Gasteiger partial charge in [-0.3, -0.25) is 10.1 Å². The topological polar surface area (TPSA) is 66.5 Å². The van der Waals surface area contributed by atoms with Gasteiger partial charge in [-0.1, -0.05) is 18.2 Å². The zero-order valence-electron chi connectivity index (χ0n) is 13.1. The number of hydrogen-bond acceptors (Lipinski definition) is 4. The molecule has 5 nitrogen and oxygen atoms in total. The first-order valence-corrected chi connectivity index (χ1v) is 7.96. The smallest absolute Gasteiger partial charge is 0.181 e. The van der Waals surface area contributed by atoms with Crippen LogP contribution >= 0.6 is 0 Å². The molecule has 0 spiro atoms. The third kappa shape index (κ3) is 2.95. The Morgan fingerprint density at radius 1 is 1.22 bits per heavy atom. The Hall–Kier alpha value is -2.69. The van der Waals surface area contributed by atoms with Gasteiger partial charge in [-0.05, 0) is 43.0 Å². The third-order valence-electron chi connectivity index (χ3n) is 4.25. The minimum absolute atomic E-state index is 0.587. The molecule has 1 aliphatic rings. The normalized spacial score (nSPS) is 14.0. The number of aromatic amines is 1. The average Bonchev–Trinajstić information content (AvgIpc) is 3.33. The van der Waals surface area contributed by atoms with E-state index in [-0.39, 0.29) is 0 Å². The fourth-order valence-electron chi connectivity index (χ4n) is 2.70. The Labute approximate surface area is 135 Å². The minimum Gasteiger partial charge on any atom is -0.381 e. The van der Waals surface area contributed by atoms with E-state index in [1.165, 1.54) is 12.8 Å². The molecule has 3 aromatic rings. The van der Waals surface area contributed by atoms with Gasteiger partial charge >= 0.3 is 0 Å². The van der Waals surface area contributed by atoms with E-state index in [9.17, 15) is 0 Å². The highest BCUT2D eigenvalue weighted by molar-refractivity contribution is 5.69. The van der Waals surface area contributed by atoms with Crippen LogP contribution in [-0.4, -0.2) is 20.2 Å². The predicted molar refractivity (Wildman–Crippen MR) is 90.1 cm³/mol. The number of nitrogens with zero attached hydrogens (tertiary/aromatic N) is 3. The molecule has 0 atom stereocenters. The summed E-state index contributed by atoms with van der Waals surface area (Å²) in [6.07, 6.45) is 6.11. The molecule has 1 fully saturated rings. The van der Waals surface area contributed by atoms with Crippen molar-refractivity contribution in [1.82, 2.24) is 20.2 Å². The molecule has 2 aromatic heterocycles. The number of benzene rings is 1. The van der Waals surface area contributed by atoms with Gasteiger partial charge in [0.05, 0.1) is 0 Å². The Bertz CT molecular complexity index is 805. The van der Waals surface area contributed by atoms with Gasteiger partial charge < -0.3 is 5.32 Å². The van der Waals surface area contributed by atoms with Crippen LogP contribution in [0.2, 0.25) is 0 Å². The van der Waals surface area contributed by atoms with Crippen molar-refractivity contribution >= 4 is 5.69 Å². The third-order valence-corrected chi connectivity index (χ3v) is 4.25. The maximum Gasteiger partial charge on any atom is 0.181 e. The Morgan fingerprint density at radius 2 is 2.13 bits per heavy atom. The number of anilines is 1. The lowest BCUT2D eigenvalue weighted by Gasteiger charge is -2.11. The molecule has 116 valence electrons. The van der Waals surface area contributed by atoms with E-state index in [1.54, 1.807) is 6.20 Å². The van der Waals surface area contributed by atoms with Crippen molar-refractivity contribution in [2.75, 3.05) is 5.32 Å². The van der Waals surface area contributed by atoms with Crippen molar-refractivity contribution in [2.45, 2.75) is 32.2 Å². The maximum atomic E-state index is 4.66. The van der Waals surface area contributed by atoms with E-state index in [1.807, 2.05) is 18.3 Å². The molecule has 1 aromatic carbocycles. The second-order valence-electron chi connectivity index (χ2n) is 6.01. The van der Waals surface area contributed by atoms with Crippen molar-refractivity contribution < 1.29 is 0 Å². The van der Waals surface area contributed by atoms with Crippen LogP contribution in [0.25, 0.3) is 11.4 Å². The van der Waals surface area contributed by atoms with Crippen LogP contribution in [0, 0.1) is 6.92 Å². The highest BCUT2D eigenvalue weighted by atomic mass is 15.2. The number of H-pyrrole nitrogens is 1. The number of nitrogens with one attached hydrogen (secondary N) is 2. The quantitative estimate of drug-likeness (QED) is 0.755. The van der Waals surface area contributed by atoms with Crippen molar-refractivity contribution in [1.29, 1.82) is 0 Å². The number of rotatable bonds is 5. The molecule has 4 rings (SSSR count). The first-order valence-electron chi connectivity index (χ1n) is 7.96. The molecule has 0 aliphatic heterocycles. The average molecular weight is 305 g/mol. The van der Waals surface area contributed by atoms with E-state index in [4.69, 9.17) is 0 Å². The molecule has 1 aliphatic carbocycles. The molecule has 5 heteroatoms. The van der Waals surface area contributed by atoms with Crippen LogP contribution in [0.15, 0.2) is 42.7 Å². The first-order chi connectivity index (χ1) is 11.3. The zero-order valence-corrected chi connectivity index (χ0v) is 13.1. The molecule has 0 unspecified atom stereocenters. The van der Waals surface area contributed by atoms with Crippen LogP contribution < -0.4 is 5.32 Å². The minimum atomic E-state index is 0.587. The van der Waals surface area contributed by atoms with Gasteiger partial charge in [0, 0.05) is 36.1 Å². The summed E-state index contributed by atoms with van der Waals surface area (Å²) in [6, 6.07) is 10.2. The largest absolute Gasteiger partial charge is 0.381 e. The van der Waals surface area contributed by atoms with Crippen LogP contribution in [-0.2, 0) is 6.54 Å². The van der Waals surface area contributed by atoms with Gasteiger partial charge in [0.15, 0.2) is 5.82 Å². The van der Waals surface area contributed by atoms with Crippen molar-refractivity contribution in [3.63, 3.8) is 0 Å². The Kier molecular flexibility index (Phi) is 3.54. The van der Waals surface area contributed by atoms with E-state index in [2.05, 4.69) is 50.6 Å². The van der Waals surface area contributed by atoms with Crippen LogP contribution in [0.1, 0.15) is 35.7 Å². The molecule has 0 saturated heterocycles. The predicted octanol–water partition coefficient (Wildman–Crippen LogP) is 3.66. The lowest BCUT2D eigenvalue weighted by molar-refractivity contribution is 0.935. The van der Waals surface area contributed by atoms with E-state index >= 15 is 0 Å². The molecule has 2 N–H and O–H groups in total. The van der Waals surface area contributed by atoms with Gasteiger partial charge in [-0.25, -0.2) is 4.98 Å². The fourth-order valence-corrected chi connectivity index (χ4v) is 2.70. The van der Waals surface area contributed by atoms with Crippen molar-refractivity contribution in [3.05, 3.63) is 59.7 Å². The summed E-state index contributed by atoms with van der Waals surface area (Å²) in [7, 11) is 0. The zero-order chi connectivity index (χ0) is 15.6. The van der Waals surface area contributed by atoms with E-state index < -0.39 is 0 Å². The van der Waals surface area contributed by atoms with Gasteiger partial charge in [-0.15, -0.1) is 0 Å². The molecular formula is C18H19N5. The Morgan fingerprint density at radius 3 is 2.91 bits per heavy atom. The summed E-state index contributed by atoms with van der Waals surface area (Å²) in [5.41, 5.74) is 4.50. The second kappa shape index (κ2) is 5.83. The van der Waals surface area contributed by atoms with Crippen LogP contribution in [0.4, 0.5) is 5.69 Å². The molecular weight excluding hydrogens is 286 g/mol. The van der Waals surface area contributed by atoms with Gasteiger partial charge in [0.25, 0.3) is 0 Å². The summed E-state index contributed by atoms with van der Waals surface area (Å²) in [5, 5.41) is 11.0. The van der Waals surface area contributed by atoms with Gasteiger partial charge in [0.1, 0.15) is 5.82 Å². The Balaban J connectivity index is 1.56. The molecule has 0 radical (unpaired) electrons. The van der Waals surface area contributed by atoms with Crippen LogP contribution in [0.3, 0.4) is 0 Å². The molecule has 2 heterocycles. The van der Waals surface area contributed by atoms with E-state index in [0.29, 0.717) is 5.92 Å². The summed E-state index contributed by atoms with van der Waals surface area (Å²) >= 11 is 0. The lowest BCUT2D eigenvalue weighted by atomic mass is 10.1. The van der Waals surface area contributed by atoms with Gasteiger partial charge in [0.2, 0.25) is 0 Å². The summed E-state index contributed by atoms with van der Waals surface area (Å²) < 4.78 is 0. The molecule has 1 saturated carbocycles. The summed E-state index contributed by atoms with van der Waals surface area (Å²) in [6.45, 7) is 2.85. The number of pyridine rings is 1. The van der Waals surface area contributed by atoms with Crippen molar-refractivity contribution in [3.8, 4) is 11.4 Å².